The molecule has 2 atom stereocenters. The van der Waals surface area contributed by atoms with Gasteiger partial charge in [0.05, 0.1) is 0 Å². The molecule has 0 aliphatic carbocycles. The third kappa shape index (κ3) is 4.08. The minimum atomic E-state index is 0.316. The van der Waals surface area contributed by atoms with Gasteiger partial charge in [0.2, 0.25) is 0 Å². The highest BCUT2D eigenvalue weighted by atomic mass is 15.2. The molecule has 4 aromatic carbocycles. The van der Waals surface area contributed by atoms with Gasteiger partial charge in [-0.1, -0.05) is 78.4 Å². The van der Waals surface area contributed by atoms with E-state index in [-0.39, 0.29) is 0 Å². The molecule has 0 aromatic heterocycles. The first-order valence-electron chi connectivity index (χ1n) is 11.3. The highest BCUT2D eigenvalue weighted by molar-refractivity contribution is 5.86. The molecule has 0 amide bonds. The predicted octanol–water partition coefficient (Wildman–Crippen LogP) is 6.81. The number of hydrogen-bond donors (Lipinski definition) is 1. The predicted molar refractivity (Wildman–Crippen MR) is 132 cm³/mol. The quantitative estimate of drug-likeness (QED) is 0.392. The summed E-state index contributed by atoms with van der Waals surface area (Å²) in [6, 6.07) is 33.4. The monoisotopic (exact) mass is 406 g/mol. The summed E-state index contributed by atoms with van der Waals surface area (Å²) in [5.74, 6) is 0.564. The summed E-state index contributed by atoms with van der Waals surface area (Å²) in [7, 11) is 0. The van der Waals surface area contributed by atoms with Crippen molar-refractivity contribution in [1.82, 2.24) is 5.32 Å². The van der Waals surface area contributed by atoms with E-state index in [2.05, 4.69) is 115 Å². The van der Waals surface area contributed by atoms with Crippen molar-refractivity contribution in [2.75, 3.05) is 18.0 Å². The number of rotatable bonds is 5. The van der Waals surface area contributed by atoms with Crippen LogP contribution in [0.5, 0.6) is 0 Å². The summed E-state index contributed by atoms with van der Waals surface area (Å²) in [6.45, 7) is 6.47. The first-order valence-corrected chi connectivity index (χ1v) is 11.3. The van der Waals surface area contributed by atoms with Crippen LogP contribution in [0.4, 0.5) is 11.4 Å². The van der Waals surface area contributed by atoms with Gasteiger partial charge in [-0.15, -0.1) is 0 Å². The van der Waals surface area contributed by atoms with E-state index in [1.54, 1.807) is 0 Å². The van der Waals surface area contributed by atoms with Crippen molar-refractivity contribution in [3.63, 3.8) is 0 Å². The number of aryl methyl sites for hydroxylation is 1. The van der Waals surface area contributed by atoms with E-state index in [0.29, 0.717) is 12.0 Å². The van der Waals surface area contributed by atoms with Gasteiger partial charge in [0.15, 0.2) is 0 Å². The Hall–Kier alpha value is -3.10. The summed E-state index contributed by atoms with van der Waals surface area (Å²) in [6.07, 6.45) is 1.12. The molecule has 4 aromatic rings. The smallest absolute Gasteiger partial charge is 0.0443 e. The molecule has 2 nitrogen and oxygen atoms in total. The van der Waals surface area contributed by atoms with Crippen molar-refractivity contribution < 1.29 is 0 Å². The number of nitrogens with one attached hydrogen (secondary N) is 1. The van der Waals surface area contributed by atoms with Gasteiger partial charge in [0, 0.05) is 30.5 Å². The SMILES string of the molecule is Cc1ccc(N2CC(CN[C@H](C)c3cccc4ccccc34)Cc3ccccc32)cc1. The Labute approximate surface area is 185 Å². The molecule has 31 heavy (non-hydrogen) atoms. The van der Waals surface area contributed by atoms with E-state index in [9.17, 15) is 0 Å². The zero-order valence-electron chi connectivity index (χ0n) is 18.4. The van der Waals surface area contributed by atoms with Gasteiger partial charge in [0.25, 0.3) is 0 Å². The molecule has 2 heteroatoms. The highest BCUT2D eigenvalue weighted by Crippen LogP contribution is 2.35. The van der Waals surface area contributed by atoms with E-state index >= 15 is 0 Å². The highest BCUT2D eigenvalue weighted by Gasteiger charge is 2.25. The van der Waals surface area contributed by atoms with Crippen LogP contribution in [0.25, 0.3) is 10.8 Å². The van der Waals surface area contributed by atoms with Gasteiger partial charge in [-0.05, 0) is 66.3 Å². The van der Waals surface area contributed by atoms with Gasteiger partial charge < -0.3 is 10.2 Å². The number of benzene rings is 4. The number of para-hydroxylation sites is 1. The van der Waals surface area contributed by atoms with E-state index in [0.717, 1.165) is 19.5 Å². The van der Waals surface area contributed by atoms with Crippen molar-refractivity contribution in [1.29, 1.82) is 0 Å². The molecule has 0 bridgehead atoms. The minimum Gasteiger partial charge on any atom is -0.341 e. The minimum absolute atomic E-state index is 0.316. The van der Waals surface area contributed by atoms with Crippen LogP contribution in [0.2, 0.25) is 0 Å². The zero-order valence-corrected chi connectivity index (χ0v) is 18.4. The van der Waals surface area contributed by atoms with Gasteiger partial charge >= 0.3 is 0 Å². The summed E-state index contributed by atoms with van der Waals surface area (Å²) >= 11 is 0. The van der Waals surface area contributed by atoms with E-state index < -0.39 is 0 Å². The second-order valence-corrected chi connectivity index (χ2v) is 8.84. The number of fused-ring (bicyclic) bond motifs is 2. The molecule has 0 saturated heterocycles. The summed E-state index contributed by atoms with van der Waals surface area (Å²) in [5, 5.41) is 6.50. The lowest BCUT2D eigenvalue weighted by Gasteiger charge is -2.37. The molecule has 1 heterocycles. The van der Waals surface area contributed by atoms with Crippen LogP contribution >= 0.6 is 0 Å². The first kappa shape index (κ1) is 19.8. The third-order valence-corrected chi connectivity index (χ3v) is 6.58. The second-order valence-electron chi connectivity index (χ2n) is 8.84. The molecule has 1 aliphatic heterocycles. The van der Waals surface area contributed by atoms with Gasteiger partial charge in [-0.2, -0.15) is 0 Å². The van der Waals surface area contributed by atoms with Crippen molar-refractivity contribution >= 4 is 22.1 Å². The van der Waals surface area contributed by atoms with E-state index in [1.807, 2.05) is 0 Å². The van der Waals surface area contributed by atoms with Gasteiger partial charge in [0.1, 0.15) is 0 Å². The van der Waals surface area contributed by atoms with E-state index in [1.165, 1.54) is 38.8 Å². The summed E-state index contributed by atoms with van der Waals surface area (Å²) < 4.78 is 0. The Morgan fingerprint density at radius 1 is 0.871 bits per heavy atom. The topological polar surface area (TPSA) is 15.3 Å². The maximum Gasteiger partial charge on any atom is 0.0443 e. The largest absolute Gasteiger partial charge is 0.341 e. The molecule has 5 rings (SSSR count). The number of anilines is 2. The number of nitrogens with zero attached hydrogens (tertiary/aromatic N) is 1. The fourth-order valence-electron chi connectivity index (χ4n) is 4.87. The zero-order chi connectivity index (χ0) is 21.2. The van der Waals surface area contributed by atoms with Crippen LogP contribution in [0.3, 0.4) is 0 Å². The maximum absolute atomic E-state index is 3.85. The molecule has 1 N–H and O–H groups in total. The summed E-state index contributed by atoms with van der Waals surface area (Å²) in [4.78, 5) is 2.49. The Morgan fingerprint density at radius 3 is 2.48 bits per heavy atom. The molecule has 0 fully saturated rings. The van der Waals surface area contributed by atoms with Crippen LogP contribution in [-0.4, -0.2) is 13.1 Å². The van der Waals surface area contributed by atoms with Gasteiger partial charge in [-0.3, -0.25) is 0 Å². The van der Waals surface area contributed by atoms with Crippen molar-refractivity contribution in [3.8, 4) is 0 Å². The van der Waals surface area contributed by atoms with Crippen molar-refractivity contribution in [3.05, 3.63) is 108 Å². The maximum atomic E-state index is 3.85. The Morgan fingerprint density at radius 2 is 1.61 bits per heavy atom. The average molecular weight is 407 g/mol. The van der Waals surface area contributed by atoms with Crippen molar-refractivity contribution in [2.24, 2.45) is 5.92 Å². The second kappa shape index (κ2) is 8.56. The molecule has 0 saturated carbocycles. The average Bonchev–Trinajstić information content (AvgIpc) is 2.82. The molecule has 156 valence electrons. The van der Waals surface area contributed by atoms with Crippen LogP contribution < -0.4 is 10.2 Å². The Bertz CT molecular complexity index is 1170. The molecular formula is C29H30N2. The summed E-state index contributed by atoms with van der Waals surface area (Å²) in [5.41, 5.74) is 6.76. The molecule has 0 radical (unpaired) electrons. The Kier molecular flexibility index (Phi) is 5.48. The standard InChI is InChI=1S/C29H30N2/c1-21-14-16-26(17-15-21)31-20-23(18-25-9-4-6-13-29(25)31)19-30-22(2)27-12-7-10-24-8-3-5-11-28(24)27/h3-17,22-23,30H,18-20H2,1-2H3/t22-,23?/m1/s1. The molecule has 1 aliphatic rings. The molecule has 1 unspecified atom stereocenters. The van der Waals surface area contributed by atoms with Crippen molar-refractivity contribution in [2.45, 2.75) is 26.3 Å². The van der Waals surface area contributed by atoms with Crippen LogP contribution in [0, 0.1) is 12.8 Å². The fraction of sp³-hybridized carbons (Fsp3) is 0.241. The number of hydrogen-bond acceptors (Lipinski definition) is 2. The lowest BCUT2D eigenvalue weighted by atomic mass is 9.91. The fourth-order valence-corrected chi connectivity index (χ4v) is 4.87. The van der Waals surface area contributed by atoms with Crippen LogP contribution in [0.15, 0.2) is 91.0 Å². The Balaban J connectivity index is 1.35. The third-order valence-electron chi connectivity index (χ3n) is 6.58. The van der Waals surface area contributed by atoms with Gasteiger partial charge in [-0.25, -0.2) is 0 Å². The van der Waals surface area contributed by atoms with Crippen LogP contribution in [0.1, 0.15) is 29.7 Å². The molecule has 0 spiro atoms. The lowest BCUT2D eigenvalue weighted by Crippen LogP contribution is -2.38. The lowest BCUT2D eigenvalue weighted by molar-refractivity contribution is 0.437. The van der Waals surface area contributed by atoms with E-state index in [4.69, 9.17) is 0 Å². The normalized spacial score (nSPS) is 16.8. The molecular weight excluding hydrogens is 376 g/mol. The first-order chi connectivity index (χ1) is 15.2. The van der Waals surface area contributed by atoms with Crippen LogP contribution in [-0.2, 0) is 6.42 Å².